The van der Waals surface area contributed by atoms with Gasteiger partial charge in [-0.15, -0.1) is 0 Å². The van der Waals surface area contributed by atoms with E-state index in [4.69, 9.17) is 16.3 Å². The minimum atomic E-state index is -0.368. The third kappa shape index (κ3) is 4.98. The van der Waals surface area contributed by atoms with Crippen molar-refractivity contribution in [3.05, 3.63) is 105 Å². The number of halogens is 2. The monoisotopic (exact) mass is 453 g/mol. The third-order valence-electron chi connectivity index (χ3n) is 4.67. The van der Waals surface area contributed by atoms with Gasteiger partial charge >= 0.3 is 0 Å². The summed E-state index contributed by atoms with van der Waals surface area (Å²) in [4.78, 5) is 26.7. The van der Waals surface area contributed by atoms with Crippen LogP contribution in [-0.2, 0) is 17.9 Å². The highest BCUT2D eigenvalue weighted by Crippen LogP contribution is 2.34. The molecule has 1 aliphatic rings. The van der Waals surface area contributed by atoms with Crippen LogP contribution in [0.2, 0.25) is 5.02 Å². The van der Waals surface area contributed by atoms with Gasteiger partial charge in [-0.05, 0) is 53.2 Å². The molecule has 0 spiro atoms. The van der Waals surface area contributed by atoms with E-state index in [1.165, 1.54) is 11.0 Å². The SMILES string of the molecule is O=C1S/C(=C/c2cccc(OCc3ccccc3F)c2)C(=O)N1Cc1ccccc1Cl. The number of ether oxygens (including phenoxy) is 1. The zero-order valence-corrected chi connectivity index (χ0v) is 17.8. The lowest BCUT2D eigenvalue weighted by Gasteiger charge is -2.13. The summed E-state index contributed by atoms with van der Waals surface area (Å²) in [5, 5.41) is 0.161. The highest BCUT2D eigenvalue weighted by molar-refractivity contribution is 8.18. The summed E-state index contributed by atoms with van der Waals surface area (Å²) in [5.41, 5.74) is 1.86. The van der Waals surface area contributed by atoms with E-state index >= 15 is 0 Å². The Balaban J connectivity index is 1.48. The maximum Gasteiger partial charge on any atom is 0.293 e. The second-order valence-electron chi connectivity index (χ2n) is 6.81. The number of hydrogen-bond acceptors (Lipinski definition) is 4. The molecule has 0 unspecified atom stereocenters. The molecular weight excluding hydrogens is 437 g/mol. The average molecular weight is 454 g/mol. The number of hydrogen-bond donors (Lipinski definition) is 0. The van der Waals surface area contributed by atoms with Gasteiger partial charge in [-0.3, -0.25) is 14.5 Å². The summed E-state index contributed by atoms with van der Waals surface area (Å²) in [6.45, 7) is 0.206. The first-order valence-electron chi connectivity index (χ1n) is 9.46. The molecule has 31 heavy (non-hydrogen) atoms. The first-order chi connectivity index (χ1) is 15.0. The van der Waals surface area contributed by atoms with Crippen LogP contribution in [0.1, 0.15) is 16.7 Å². The fraction of sp³-hybridized carbons (Fsp3) is 0.0833. The molecule has 3 aromatic rings. The topological polar surface area (TPSA) is 46.6 Å². The number of imide groups is 1. The van der Waals surface area contributed by atoms with Crippen molar-refractivity contribution >= 4 is 40.6 Å². The smallest absolute Gasteiger partial charge is 0.293 e. The molecule has 0 N–H and O–H groups in total. The Morgan fingerprint density at radius 2 is 1.71 bits per heavy atom. The van der Waals surface area contributed by atoms with Crippen molar-refractivity contribution < 1.29 is 18.7 Å². The summed E-state index contributed by atoms with van der Waals surface area (Å²) >= 11 is 7.04. The maximum atomic E-state index is 13.8. The van der Waals surface area contributed by atoms with Crippen LogP contribution in [0, 0.1) is 5.82 Å². The molecule has 0 saturated carbocycles. The first kappa shape index (κ1) is 21.2. The number of rotatable bonds is 6. The molecule has 4 rings (SSSR count). The predicted molar refractivity (Wildman–Crippen MR) is 120 cm³/mol. The standard InChI is InChI=1S/C24H17ClFNO3S/c25-20-10-3-1-7-17(20)14-27-23(28)22(31-24(27)29)13-16-6-5-9-19(12-16)30-15-18-8-2-4-11-21(18)26/h1-13H,14-15H2/b22-13+. The van der Waals surface area contributed by atoms with Gasteiger partial charge in [0.2, 0.25) is 0 Å². The molecule has 3 aromatic carbocycles. The van der Waals surface area contributed by atoms with E-state index in [0.29, 0.717) is 32.4 Å². The van der Waals surface area contributed by atoms with Crippen LogP contribution in [-0.4, -0.2) is 16.0 Å². The average Bonchev–Trinajstić information content (AvgIpc) is 3.02. The summed E-state index contributed by atoms with van der Waals surface area (Å²) in [5.74, 6) is -0.161. The van der Waals surface area contributed by atoms with Gasteiger partial charge in [-0.25, -0.2) is 4.39 Å². The second-order valence-corrected chi connectivity index (χ2v) is 8.21. The lowest BCUT2D eigenvalue weighted by molar-refractivity contribution is -0.123. The summed E-state index contributed by atoms with van der Waals surface area (Å²) in [6.07, 6.45) is 1.65. The van der Waals surface area contributed by atoms with E-state index in [-0.39, 0.29) is 30.1 Å². The van der Waals surface area contributed by atoms with Crippen molar-refractivity contribution in [2.24, 2.45) is 0 Å². The Bertz CT molecular complexity index is 1180. The Morgan fingerprint density at radius 3 is 2.48 bits per heavy atom. The van der Waals surface area contributed by atoms with Crippen LogP contribution in [0.4, 0.5) is 9.18 Å². The van der Waals surface area contributed by atoms with Gasteiger partial charge in [0.15, 0.2) is 0 Å². The second kappa shape index (κ2) is 9.37. The molecule has 1 heterocycles. The Kier molecular flexibility index (Phi) is 6.39. The lowest BCUT2D eigenvalue weighted by atomic mass is 10.2. The van der Waals surface area contributed by atoms with Crippen LogP contribution >= 0.6 is 23.4 Å². The van der Waals surface area contributed by atoms with Gasteiger partial charge in [0.05, 0.1) is 11.4 Å². The van der Waals surface area contributed by atoms with Crippen molar-refractivity contribution in [2.45, 2.75) is 13.2 Å². The highest BCUT2D eigenvalue weighted by atomic mass is 35.5. The number of thioether (sulfide) groups is 1. The fourth-order valence-corrected chi connectivity index (χ4v) is 4.09. The number of amides is 2. The molecule has 2 amide bonds. The van der Waals surface area contributed by atoms with Crippen molar-refractivity contribution in [1.29, 1.82) is 0 Å². The van der Waals surface area contributed by atoms with Crippen LogP contribution in [0.5, 0.6) is 5.75 Å². The third-order valence-corrected chi connectivity index (χ3v) is 5.94. The van der Waals surface area contributed by atoms with Crippen LogP contribution in [0.15, 0.2) is 77.7 Å². The van der Waals surface area contributed by atoms with E-state index in [2.05, 4.69) is 0 Å². The van der Waals surface area contributed by atoms with Crippen molar-refractivity contribution in [2.75, 3.05) is 0 Å². The Labute approximate surface area is 188 Å². The number of benzene rings is 3. The zero-order chi connectivity index (χ0) is 21.8. The fourth-order valence-electron chi connectivity index (χ4n) is 3.06. The van der Waals surface area contributed by atoms with Crippen LogP contribution < -0.4 is 4.74 Å². The van der Waals surface area contributed by atoms with Gasteiger partial charge in [0, 0.05) is 10.6 Å². The summed E-state index contributed by atoms with van der Waals surface area (Å²) in [7, 11) is 0. The molecule has 156 valence electrons. The zero-order valence-electron chi connectivity index (χ0n) is 16.3. The minimum absolute atomic E-state index is 0.0878. The molecule has 0 aromatic heterocycles. The Hall–Kier alpha value is -3.09. The van der Waals surface area contributed by atoms with E-state index in [0.717, 1.165) is 11.8 Å². The molecule has 0 atom stereocenters. The molecule has 1 fully saturated rings. The molecule has 0 bridgehead atoms. The normalized spacial score (nSPS) is 15.0. The highest BCUT2D eigenvalue weighted by Gasteiger charge is 2.35. The number of carbonyl (C=O) groups excluding carboxylic acids is 2. The van der Waals surface area contributed by atoms with Crippen molar-refractivity contribution in [1.82, 2.24) is 4.90 Å². The molecule has 0 aliphatic carbocycles. The van der Waals surface area contributed by atoms with Crippen LogP contribution in [0.3, 0.4) is 0 Å². The Morgan fingerprint density at radius 1 is 0.968 bits per heavy atom. The molecule has 4 nitrogen and oxygen atoms in total. The quantitative estimate of drug-likeness (QED) is 0.411. The van der Waals surface area contributed by atoms with E-state index in [1.54, 1.807) is 66.7 Å². The molecule has 1 saturated heterocycles. The molecule has 7 heteroatoms. The van der Waals surface area contributed by atoms with Crippen LogP contribution in [0.25, 0.3) is 6.08 Å². The lowest BCUT2D eigenvalue weighted by Crippen LogP contribution is -2.27. The number of carbonyl (C=O) groups is 2. The maximum absolute atomic E-state index is 13.8. The van der Waals surface area contributed by atoms with Gasteiger partial charge < -0.3 is 4.74 Å². The largest absolute Gasteiger partial charge is 0.489 e. The van der Waals surface area contributed by atoms with Crippen molar-refractivity contribution in [3.63, 3.8) is 0 Å². The summed E-state index contributed by atoms with van der Waals surface area (Å²) < 4.78 is 19.5. The van der Waals surface area contributed by atoms with Gasteiger partial charge in [-0.2, -0.15) is 0 Å². The molecular formula is C24H17ClFNO3S. The minimum Gasteiger partial charge on any atom is -0.489 e. The van der Waals surface area contributed by atoms with Gasteiger partial charge in [0.1, 0.15) is 18.2 Å². The van der Waals surface area contributed by atoms with Crippen molar-refractivity contribution in [3.8, 4) is 5.75 Å². The van der Waals surface area contributed by atoms with Gasteiger partial charge in [-0.1, -0.05) is 60.1 Å². The van der Waals surface area contributed by atoms with E-state index < -0.39 is 0 Å². The number of nitrogens with zero attached hydrogens (tertiary/aromatic N) is 1. The predicted octanol–water partition coefficient (Wildman–Crippen LogP) is 6.29. The molecule has 1 aliphatic heterocycles. The van der Waals surface area contributed by atoms with E-state index in [1.807, 2.05) is 6.07 Å². The van der Waals surface area contributed by atoms with Gasteiger partial charge in [0.25, 0.3) is 11.1 Å². The molecule has 0 radical (unpaired) electrons. The first-order valence-corrected chi connectivity index (χ1v) is 10.7. The van der Waals surface area contributed by atoms with E-state index in [9.17, 15) is 14.0 Å². The summed E-state index contributed by atoms with van der Waals surface area (Å²) in [6, 6.07) is 20.6.